The molecule has 0 aliphatic rings. The summed E-state index contributed by atoms with van der Waals surface area (Å²) < 4.78 is 34.6. The average molecular weight is 541 g/mol. The van der Waals surface area contributed by atoms with Gasteiger partial charge in [-0.05, 0) is 66.6 Å². The van der Waals surface area contributed by atoms with Gasteiger partial charge in [-0.3, -0.25) is 4.79 Å². The van der Waals surface area contributed by atoms with Crippen LogP contribution in [0.2, 0.25) is 10.0 Å². The summed E-state index contributed by atoms with van der Waals surface area (Å²) in [5, 5.41) is 3.56. The smallest absolute Gasteiger partial charge is 0.243 e. The SMILES string of the molecule is O=C(Nc1cc(Cl)ccc1Oc1ccccc1)[C@@H](Cc1ccccc1)NS(=O)(=O)c1ccc(Cl)cc1. The van der Waals surface area contributed by atoms with Crippen LogP contribution in [0, 0.1) is 0 Å². The molecule has 0 saturated heterocycles. The van der Waals surface area contributed by atoms with Gasteiger partial charge in [0.15, 0.2) is 5.75 Å². The number of amides is 1. The molecule has 4 aromatic carbocycles. The molecule has 4 rings (SSSR count). The first-order valence-corrected chi connectivity index (χ1v) is 13.2. The zero-order valence-corrected chi connectivity index (χ0v) is 21.2. The van der Waals surface area contributed by atoms with Crippen molar-refractivity contribution in [1.29, 1.82) is 0 Å². The molecule has 0 bridgehead atoms. The molecule has 0 aliphatic carbocycles. The van der Waals surface area contributed by atoms with Gasteiger partial charge in [-0.15, -0.1) is 0 Å². The number of carbonyl (C=O) groups excluding carboxylic acids is 1. The Morgan fingerprint density at radius 1 is 0.806 bits per heavy atom. The summed E-state index contributed by atoms with van der Waals surface area (Å²) >= 11 is 12.1. The minimum Gasteiger partial charge on any atom is -0.455 e. The van der Waals surface area contributed by atoms with Crippen LogP contribution >= 0.6 is 23.2 Å². The zero-order chi connectivity index (χ0) is 25.5. The number of sulfonamides is 1. The van der Waals surface area contributed by atoms with Gasteiger partial charge in [0.05, 0.1) is 10.6 Å². The maximum atomic E-state index is 13.4. The third-order valence-electron chi connectivity index (χ3n) is 5.19. The molecule has 0 radical (unpaired) electrons. The Kier molecular flexibility index (Phi) is 8.28. The third kappa shape index (κ3) is 6.86. The summed E-state index contributed by atoms with van der Waals surface area (Å²) in [6.07, 6.45) is 0.120. The van der Waals surface area contributed by atoms with Crippen LogP contribution in [0.25, 0.3) is 0 Å². The van der Waals surface area contributed by atoms with Gasteiger partial charge >= 0.3 is 0 Å². The van der Waals surface area contributed by atoms with E-state index >= 15 is 0 Å². The molecular weight excluding hydrogens is 519 g/mol. The fourth-order valence-electron chi connectivity index (χ4n) is 3.43. The Hall–Kier alpha value is -3.36. The van der Waals surface area contributed by atoms with E-state index in [2.05, 4.69) is 10.0 Å². The standard InChI is InChI=1S/C27H22Cl2N2O4S/c28-20-11-14-23(15-12-20)36(33,34)31-25(17-19-7-3-1-4-8-19)27(32)30-24-18-21(29)13-16-26(24)35-22-9-5-2-6-10-22/h1-16,18,25,31H,17H2,(H,30,32)/t25-/m1/s1. The van der Waals surface area contributed by atoms with Gasteiger partial charge in [0, 0.05) is 10.0 Å². The van der Waals surface area contributed by atoms with Crippen molar-refractivity contribution in [1.82, 2.24) is 4.72 Å². The number of hydrogen-bond donors (Lipinski definition) is 2. The lowest BCUT2D eigenvalue weighted by Gasteiger charge is -2.20. The van der Waals surface area contributed by atoms with E-state index in [0.717, 1.165) is 5.56 Å². The van der Waals surface area contributed by atoms with Crippen molar-refractivity contribution in [3.8, 4) is 11.5 Å². The highest BCUT2D eigenvalue weighted by atomic mass is 35.5. The summed E-state index contributed by atoms with van der Waals surface area (Å²) in [4.78, 5) is 13.4. The lowest BCUT2D eigenvalue weighted by atomic mass is 10.1. The molecule has 1 atom stereocenters. The van der Waals surface area contributed by atoms with E-state index in [4.69, 9.17) is 27.9 Å². The Morgan fingerprint density at radius 3 is 2.08 bits per heavy atom. The normalized spacial score (nSPS) is 12.1. The number of ether oxygens (including phenoxy) is 1. The molecule has 184 valence electrons. The van der Waals surface area contributed by atoms with Gasteiger partial charge in [0.1, 0.15) is 11.8 Å². The minimum atomic E-state index is -4.03. The summed E-state index contributed by atoms with van der Waals surface area (Å²) in [6.45, 7) is 0. The summed E-state index contributed by atoms with van der Waals surface area (Å²) in [5.74, 6) is 0.356. The minimum absolute atomic E-state index is 0.00591. The van der Waals surface area contributed by atoms with E-state index in [0.29, 0.717) is 27.2 Å². The van der Waals surface area contributed by atoms with Crippen LogP contribution in [0.3, 0.4) is 0 Å². The first-order valence-electron chi connectivity index (χ1n) is 11.0. The maximum absolute atomic E-state index is 13.4. The highest BCUT2D eigenvalue weighted by Crippen LogP contribution is 2.32. The molecule has 0 unspecified atom stereocenters. The molecule has 4 aromatic rings. The van der Waals surface area contributed by atoms with Crippen molar-refractivity contribution < 1.29 is 17.9 Å². The fraction of sp³-hybridized carbons (Fsp3) is 0.0741. The van der Waals surface area contributed by atoms with Crippen LogP contribution in [-0.4, -0.2) is 20.4 Å². The Morgan fingerprint density at radius 2 is 1.42 bits per heavy atom. The first kappa shape index (κ1) is 25.7. The van der Waals surface area contributed by atoms with Crippen molar-refractivity contribution in [2.24, 2.45) is 0 Å². The second-order valence-corrected chi connectivity index (χ2v) is 10.4. The van der Waals surface area contributed by atoms with E-state index < -0.39 is 22.0 Å². The second-order valence-electron chi connectivity index (χ2n) is 7.86. The number of nitrogens with one attached hydrogen (secondary N) is 2. The van der Waals surface area contributed by atoms with Crippen LogP contribution in [0.4, 0.5) is 5.69 Å². The molecule has 0 heterocycles. The van der Waals surface area contributed by atoms with Crippen molar-refractivity contribution in [3.05, 3.63) is 119 Å². The molecule has 0 aliphatic heterocycles. The van der Waals surface area contributed by atoms with Gasteiger partial charge in [-0.1, -0.05) is 71.7 Å². The highest BCUT2D eigenvalue weighted by Gasteiger charge is 2.27. The Bertz CT molecular complexity index is 1430. The predicted octanol–water partition coefficient (Wildman–Crippen LogP) is 6.31. The van der Waals surface area contributed by atoms with Crippen LogP contribution < -0.4 is 14.8 Å². The molecule has 1 amide bonds. The molecule has 0 spiro atoms. The first-order chi connectivity index (χ1) is 17.3. The van der Waals surface area contributed by atoms with E-state index in [1.54, 1.807) is 30.3 Å². The number of rotatable bonds is 9. The highest BCUT2D eigenvalue weighted by molar-refractivity contribution is 7.89. The van der Waals surface area contributed by atoms with Crippen LogP contribution in [0.15, 0.2) is 108 Å². The molecule has 0 fully saturated rings. The van der Waals surface area contributed by atoms with Crippen molar-refractivity contribution in [3.63, 3.8) is 0 Å². The number of para-hydroxylation sites is 1. The summed E-state index contributed by atoms with van der Waals surface area (Å²) in [7, 11) is -4.03. The van der Waals surface area contributed by atoms with Gasteiger partial charge in [-0.2, -0.15) is 4.72 Å². The van der Waals surface area contributed by atoms with Crippen molar-refractivity contribution in [2.75, 3.05) is 5.32 Å². The molecule has 0 saturated carbocycles. The Labute approximate surface area is 219 Å². The number of anilines is 1. The molecule has 2 N–H and O–H groups in total. The summed E-state index contributed by atoms with van der Waals surface area (Å²) in [5.41, 5.74) is 1.09. The number of carbonyl (C=O) groups is 1. The third-order valence-corrected chi connectivity index (χ3v) is 7.17. The Balaban J connectivity index is 1.62. The van der Waals surface area contributed by atoms with Gasteiger partial charge in [-0.25, -0.2) is 8.42 Å². The van der Waals surface area contributed by atoms with E-state index in [1.807, 2.05) is 48.5 Å². The predicted molar refractivity (Wildman–Crippen MR) is 142 cm³/mol. The van der Waals surface area contributed by atoms with Gasteiger partial charge in [0.25, 0.3) is 0 Å². The lowest BCUT2D eigenvalue weighted by Crippen LogP contribution is -2.45. The molecule has 36 heavy (non-hydrogen) atoms. The van der Waals surface area contributed by atoms with E-state index in [9.17, 15) is 13.2 Å². The fourth-order valence-corrected chi connectivity index (χ4v) is 4.92. The monoisotopic (exact) mass is 540 g/mol. The number of hydrogen-bond acceptors (Lipinski definition) is 4. The lowest BCUT2D eigenvalue weighted by molar-refractivity contribution is -0.117. The molecule has 6 nitrogen and oxygen atoms in total. The topological polar surface area (TPSA) is 84.5 Å². The van der Waals surface area contributed by atoms with Crippen LogP contribution in [0.5, 0.6) is 11.5 Å². The second kappa shape index (κ2) is 11.6. The number of halogens is 2. The maximum Gasteiger partial charge on any atom is 0.243 e. The van der Waals surface area contributed by atoms with Crippen molar-refractivity contribution in [2.45, 2.75) is 17.4 Å². The van der Waals surface area contributed by atoms with Crippen LogP contribution in [-0.2, 0) is 21.2 Å². The quantitative estimate of drug-likeness (QED) is 0.260. The van der Waals surface area contributed by atoms with Gasteiger partial charge < -0.3 is 10.1 Å². The van der Waals surface area contributed by atoms with E-state index in [1.165, 1.54) is 24.3 Å². The summed E-state index contributed by atoms with van der Waals surface area (Å²) in [6, 6.07) is 27.6. The van der Waals surface area contributed by atoms with Gasteiger partial charge in [0.2, 0.25) is 15.9 Å². The largest absolute Gasteiger partial charge is 0.455 e. The molecular formula is C27H22Cl2N2O4S. The van der Waals surface area contributed by atoms with Crippen molar-refractivity contribution >= 4 is 44.8 Å². The molecule has 0 aromatic heterocycles. The van der Waals surface area contributed by atoms with E-state index in [-0.39, 0.29) is 11.3 Å². The number of benzene rings is 4. The molecule has 9 heteroatoms. The zero-order valence-electron chi connectivity index (χ0n) is 18.9. The van der Waals surface area contributed by atoms with Crippen LogP contribution in [0.1, 0.15) is 5.56 Å². The average Bonchev–Trinajstić information content (AvgIpc) is 2.87.